The maximum atomic E-state index is 11.8. The van der Waals surface area contributed by atoms with Crippen LogP contribution in [0.2, 0.25) is 0 Å². The van der Waals surface area contributed by atoms with E-state index in [-0.39, 0.29) is 13.2 Å². The standard InChI is InChI=1S/C11H22N2O5S/c1-3-18-10(15)12-19(16,17)13-11(8-14)6-4-9(2)5-7-11/h9,13-14H,3-8H2,1-2H3,(H,12,15). The molecule has 1 amide bonds. The van der Waals surface area contributed by atoms with Crippen LogP contribution in [0.5, 0.6) is 0 Å². The Balaban J connectivity index is 2.66. The maximum Gasteiger partial charge on any atom is 0.421 e. The molecule has 8 heteroatoms. The zero-order chi connectivity index (χ0) is 14.5. The summed E-state index contributed by atoms with van der Waals surface area (Å²) in [4.78, 5) is 11.1. The first-order chi connectivity index (χ1) is 8.82. The third-order valence-electron chi connectivity index (χ3n) is 3.38. The summed E-state index contributed by atoms with van der Waals surface area (Å²) < 4.78 is 32.3. The molecule has 1 fully saturated rings. The van der Waals surface area contributed by atoms with E-state index in [0.29, 0.717) is 18.8 Å². The fourth-order valence-corrected chi connectivity index (χ4v) is 3.36. The molecule has 0 aromatic heterocycles. The molecule has 0 bridgehead atoms. The highest BCUT2D eigenvalue weighted by molar-refractivity contribution is 7.88. The van der Waals surface area contributed by atoms with Gasteiger partial charge in [0.15, 0.2) is 0 Å². The summed E-state index contributed by atoms with van der Waals surface area (Å²) in [5.74, 6) is 0.516. The molecule has 0 aliphatic heterocycles. The molecule has 7 nitrogen and oxygen atoms in total. The molecule has 0 unspecified atom stereocenters. The van der Waals surface area contributed by atoms with Crippen molar-refractivity contribution in [2.45, 2.75) is 45.1 Å². The smallest absolute Gasteiger partial charge is 0.421 e. The molecule has 1 rings (SSSR count). The summed E-state index contributed by atoms with van der Waals surface area (Å²) in [5, 5.41) is 9.46. The van der Waals surface area contributed by atoms with Gasteiger partial charge in [0.1, 0.15) is 0 Å². The van der Waals surface area contributed by atoms with Gasteiger partial charge < -0.3 is 9.84 Å². The van der Waals surface area contributed by atoms with Crippen LogP contribution in [0, 0.1) is 5.92 Å². The number of carbonyl (C=O) groups excluding carboxylic acids is 1. The number of aliphatic hydroxyl groups is 1. The zero-order valence-electron chi connectivity index (χ0n) is 11.3. The molecule has 0 heterocycles. The van der Waals surface area contributed by atoms with Crippen LogP contribution in [0.4, 0.5) is 4.79 Å². The lowest BCUT2D eigenvalue weighted by Gasteiger charge is -2.38. The van der Waals surface area contributed by atoms with Gasteiger partial charge in [-0.05, 0) is 38.5 Å². The average molecular weight is 294 g/mol. The number of amides is 1. The summed E-state index contributed by atoms with van der Waals surface area (Å²) in [7, 11) is -4.03. The van der Waals surface area contributed by atoms with Gasteiger partial charge in [0.05, 0.1) is 18.8 Å². The summed E-state index contributed by atoms with van der Waals surface area (Å²) in [6.07, 6.45) is 1.75. The van der Waals surface area contributed by atoms with Crippen molar-refractivity contribution in [3.05, 3.63) is 0 Å². The Morgan fingerprint density at radius 2 is 2.00 bits per heavy atom. The average Bonchev–Trinajstić information content (AvgIpc) is 2.31. The molecule has 1 aliphatic carbocycles. The predicted octanol–water partition coefficient (Wildman–Crippen LogP) is 0.508. The minimum atomic E-state index is -4.03. The number of ether oxygens (including phenoxy) is 1. The Morgan fingerprint density at radius 1 is 1.42 bits per heavy atom. The highest BCUT2D eigenvalue weighted by Crippen LogP contribution is 2.31. The third-order valence-corrected chi connectivity index (χ3v) is 4.52. The lowest BCUT2D eigenvalue weighted by Crippen LogP contribution is -2.57. The minimum Gasteiger partial charge on any atom is -0.449 e. The third kappa shape index (κ3) is 4.96. The lowest BCUT2D eigenvalue weighted by atomic mass is 9.78. The largest absolute Gasteiger partial charge is 0.449 e. The van der Waals surface area contributed by atoms with Crippen molar-refractivity contribution in [3.8, 4) is 0 Å². The normalized spacial score (nSPS) is 27.8. The molecule has 0 aromatic carbocycles. The number of nitrogens with one attached hydrogen (secondary N) is 2. The molecular formula is C11H22N2O5S. The second-order valence-corrected chi connectivity index (χ2v) is 6.46. The van der Waals surface area contributed by atoms with Crippen LogP contribution >= 0.6 is 0 Å². The van der Waals surface area contributed by atoms with Crippen LogP contribution in [-0.2, 0) is 14.9 Å². The molecule has 0 atom stereocenters. The number of rotatable bonds is 5. The van der Waals surface area contributed by atoms with E-state index in [2.05, 4.69) is 16.4 Å². The fraction of sp³-hybridized carbons (Fsp3) is 0.909. The van der Waals surface area contributed by atoms with Gasteiger partial charge in [-0.1, -0.05) is 6.92 Å². The van der Waals surface area contributed by atoms with E-state index in [1.807, 2.05) is 0 Å². The molecule has 0 aromatic rings. The van der Waals surface area contributed by atoms with Crippen LogP contribution in [0.25, 0.3) is 0 Å². The fourth-order valence-electron chi connectivity index (χ4n) is 2.19. The second kappa shape index (κ2) is 6.53. The predicted molar refractivity (Wildman–Crippen MR) is 69.7 cm³/mol. The summed E-state index contributed by atoms with van der Waals surface area (Å²) in [5.41, 5.74) is -0.884. The Bertz CT molecular complexity index is 401. The highest BCUT2D eigenvalue weighted by Gasteiger charge is 2.37. The topological polar surface area (TPSA) is 105 Å². The van der Waals surface area contributed by atoms with E-state index in [4.69, 9.17) is 0 Å². The first-order valence-corrected chi connectivity index (χ1v) is 7.90. The van der Waals surface area contributed by atoms with Gasteiger partial charge in [-0.3, -0.25) is 0 Å². The highest BCUT2D eigenvalue weighted by atomic mass is 32.2. The molecule has 0 radical (unpaired) electrons. The second-order valence-electron chi connectivity index (χ2n) is 5.05. The van der Waals surface area contributed by atoms with E-state index in [0.717, 1.165) is 12.8 Å². The molecule has 1 aliphatic rings. The quantitative estimate of drug-likeness (QED) is 0.685. The molecular weight excluding hydrogens is 272 g/mol. The summed E-state index contributed by atoms with van der Waals surface area (Å²) in [6.45, 7) is 3.47. The first-order valence-electron chi connectivity index (χ1n) is 6.42. The van der Waals surface area contributed by atoms with E-state index in [1.165, 1.54) is 0 Å². The Hall–Kier alpha value is -0.860. The first kappa shape index (κ1) is 16.2. The van der Waals surface area contributed by atoms with Crippen molar-refractivity contribution in [1.29, 1.82) is 0 Å². The molecule has 112 valence electrons. The van der Waals surface area contributed by atoms with E-state index < -0.39 is 21.8 Å². The van der Waals surface area contributed by atoms with Gasteiger partial charge in [-0.15, -0.1) is 0 Å². The van der Waals surface area contributed by atoms with Gasteiger partial charge in [-0.25, -0.2) is 9.52 Å². The van der Waals surface area contributed by atoms with Gasteiger partial charge in [0, 0.05) is 0 Å². The van der Waals surface area contributed by atoms with Crippen molar-refractivity contribution < 1.29 is 23.1 Å². The van der Waals surface area contributed by atoms with Crippen molar-refractivity contribution in [1.82, 2.24) is 9.44 Å². The van der Waals surface area contributed by atoms with Crippen LogP contribution in [-0.4, -0.2) is 38.4 Å². The number of hydrogen-bond donors (Lipinski definition) is 3. The van der Waals surface area contributed by atoms with E-state index >= 15 is 0 Å². The molecule has 1 saturated carbocycles. The number of aliphatic hydroxyl groups excluding tert-OH is 1. The Labute approximate surface area is 113 Å². The maximum absolute atomic E-state index is 11.8. The van der Waals surface area contributed by atoms with Crippen LogP contribution in [0.1, 0.15) is 39.5 Å². The summed E-state index contributed by atoms with van der Waals surface area (Å²) >= 11 is 0. The molecule has 3 N–H and O–H groups in total. The molecule has 0 spiro atoms. The van der Waals surface area contributed by atoms with Crippen LogP contribution in [0.15, 0.2) is 0 Å². The van der Waals surface area contributed by atoms with E-state index in [9.17, 15) is 18.3 Å². The summed E-state index contributed by atoms with van der Waals surface area (Å²) in [6, 6.07) is 0. The van der Waals surface area contributed by atoms with Gasteiger partial charge in [-0.2, -0.15) is 13.1 Å². The van der Waals surface area contributed by atoms with Crippen LogP contribution in [0.3, 0.4) is 0 Å². The SMILES string of the molecule is CCOC(=O)NS(=O)(=O)NC1(CO)CCC(C)CC1. The number of carbonyl (C=O) groups is 1. The Morgan fingerprint density at radius 3 is 2.47 bits per heavy atom. The van der Waals surface area contributed by atoms with Crippen molar-refractivity contribution in [2.24, 2.45) is 5.92 Å². The number of hydrogen-bond acceptors (Lipinski definition) is 5. The molecule has 0 saturated heterocycles. The van der Waals surface area contributed by atoms with Crippen LogP contribution < -0.4 is 9.44 Å². The Kier molecular flexibility index (Phi) is 5.57. The van der Waals surface area contributed by atoms with E-state index in [1.54, 1.807) is 11.6 Å². The lowest BCUT2D eigenvalue weighted by molar-refractivity contribution is 0.124. The van der Waals surface area contributed by atoms with Crippen molar-refractivity contribution in [2.75, 3.05) is 13.2 Å². The monoisotopic (exact) mass is 294 g/mol. The zero-order valence-corrected chi connectivity index (χ0v) is 12.1. The van der Waals surface area contributed by atoms with Crippen molar-refractivity contribution >= 4 is 16.3 Å². The van der Waals surface area contributed by atoms with Gasteiger partial charge >= 0.3 is 16.3 Å². The van der Waals surface area contributed by atoms with Gasteiger partial charge in [0.25, 0.3) is 0 Å². The van der Waals surface area contributed by atoms with Crippen molar-refractivity contribution in [3.63, 3.8) is 0 Å². The molecule has 19 heavy (non-hydrogen) atoms. The minimum absolute atomic E-state index is 0.0873. The van der Waals surface area contributed by atoms with Gasteiger partial charge in [0.2, 0.25) is 0 Å².